The number of thiazole rings is 1. The van der Waals surface area contributed by atoms with Gasteiger partial charge in [-0.2, -0.15) is 0 Å². The molecule has 1 aromatic heterocycles. The predicted octanol–water partition coefficient (Wildman–Crippen LogP) is 2.38. The average Bonchev–Trinajstić information content (AvgIpc) is 3.27. The summed E-state index contributed by atoms with van der Waals surface area (Å²) >= 11 is 1.35. The summed E-state index contributed by atoms with van der Waals surface area (Å²) in [7, 11) is -1.33. The zero-order valence-corrected chi connectivity index (χ0v) is 20.9. The molecule has 1 amide bonds. The maximum atomic E-state index is 13.0. The Bertz CT molecular complexity index is 1070. The molecule has 3 heterocycles. The second kappa shape index (κ2) is 10.1. The fourth-order valence-electron chi connectivity index (χ4n) is 3.65. The summed E-state index contributed by atoms with van der Waals surface area (Å²) < 4.78 is 11.5. The molecule has 1 aromatic rings. The van der Waals surface area contributed by atoms with Crippen LogP contribution in [0.5, 0.6) is 0 Å². The highest BCUT2D eigenvalue weighted by atomic mass is 33.1. The second-order valence-corrected chi connectivity index (χ2v) is 12.4. The topological polar surface area (TPSA) is 134 Å². The Labute approximate surface area is 202 Å². The van der Waals surface area contributed by atoms with Crippen molar-refractivity contribution in [2.75, 3.05) is 0 Å². The van der Waals surface area contributed by atoms with Crippen molar-refractivity contribution < 1.29 is 28.8 Å². The van der Waals surface area contributed by atoms with Crippen LogP contribution in [-0.4, -0.2) is 52.7 Å². The Hall–Kier alpha value is -1.92. The van der Waals surface area contributed by atoms with Crippen molar-refractivity contribution in [1.29, 1.82) is 0 Å². The van der Waals surface area contributed by atoms with Crippen molar-refractivity contribution in [2.45, 2.75) is 62.5 Å². The normalized spacial score (nSPS) is 37.7. The van der Waals surface area contributed by atoms with Crippen LogP contribution in [0, 0.1) is 0 Å². The fourth-order valence-corrected chi connectivity index (χ4v) is 8.39. The van der Waals surface area contributed by atoms with Gasteiger partial charge in [0.1, 0.15) is 21.5 Å². The monoisotopic (exact) mass is 510 g/mol. The van der Waals surface area contributed by atoms with E-state index < -0.39 is 49.1 Å². The van der Waals surface area contributed by atoms with E-state index in [1.165, 1.54) is 36.5 Å². The lowest BCUT2D eigenvalue weighted by atomic mass is 9.81. The van der Waals surface area contributed by atoms with E-state index in [9.17, 15) is 28.8 Å². The van der Waals surface area contributed by atoms with Gasteiger partial charge >= 0.3 is 0 Å². The van der Waals surface area contributed by atoms with Crippen LogP contribution in [0.2, 0.25) is 0 Å². The Morgan fingerprint density at radius 2 is 1.94 bits per heavy atom. The van der Waals surface area contributed by atoms with E-state index in [1.54, 1.807) is 31.4 Å². The zero-order valence-electron chi connectivity index (χ0n) is 18.4. The number of carbonyl (C=O) groups is 3. The van der Waals surface area contributed by atoms with Gasteiger partial charge in [-0.1, -0.05) is 17.7 Å². The summed E-state index contributed by atoms with van der Waals surface area (Å²) in [5.74, 6) is -0.969. The number of hydrogen-bond donors (Lipinski definition) is 3. The highest BCUT2D eigenvalue weighted by Gasteiger charge is 2.63. The molecule has 33 heavy (non-hydrogen) atoms. The minimum absolute atomic E-state index is 0.0520. The van der Waals surface area contributed by atoms with Crippen LogP contribution in [-0.2, 0) is 24.2 Å². The molecule has 2 aliphatic heterocycles. The van der Waals surface area contributed by atoms with E-state index >= 15 is 0 Å². The first kappa shape index (κ1) is 25.7. The van der Waals surface area contributed by atoms with Gasteiger partial charge in [-0.25, -0.2) is 9.19 Å². The smallest absolute Gasteiger partial charge is 0.234 e. The molecule has 0 aliphatic carbocycles. The zero-order chi connectivity index (χ0) is 24.4. The average molecular weight is 511 g/mol. The van der Waals surface area contributed by atoms with Gasteiger partial charge in [0.05, 0.1) is 21.6 Å². The quantitative estimate of drug-likeness (QED) is 0.358. The van der Waals surface area contributed by atoms with E-state index in [2.05, 4.69) is 10.3 Å². The molecule has 0 aromatic carbocycles. The molecule has 2 bridgehead atoms. The summed E-state index contributed by atoms with van der Waals surface area (Å²) in [6, 6.07) is -0.433. The molecule has 2 aliphatic rings. The Morgan fingerprint density at radius 3 is 2.61 bits per heavy atom. The van der Waals surface area contributed by atoms with E-state index in [1.807, 2.05) is 0 Å². The molecule has 1 saturated heterocycles. The summed E-state index contributed by atoms with van der Waals surface area (Å²) in [6.07, 6.45) is 6.07. The Morgan fingerprint density at radius 1 is 1.24 bits per heavy atom. The molecular formula is C22H26N2O6S3. The minimum Gasteiger partial charge on any atom is -0.381 e. The van der Waals surface area contributed by atoms with E-state index in [4.69, 9.17) is 0 Å². The van der Waals surface area contributed by atoms with Gasteiger partial charge in [0.15, 0.2) is 5.78 Å². The van der Waals surface area contributed by atoms with Crippen LogP contribution in [0.3, 0.4) is 0 Å². The lowest BCUT2D eigenvalue weighted by Gasteiger charge is -2.36. The maximum Gasteiger partial charge on any atom is 0.234 e. The number of hydrogen-bond acceptors (Lipinski definition) is 9. The summed E-state index contributed by atoms with van der Waals surface area (Å²) in [5.41, 5.74) is -0.732. The molecular weight excluding hydrogens is 484 g/mol. The molecule has 0 saturated carbocycles. The first-order chi connectivity index (χ1) is 15.5. The molecule has 0 radical (unpaired) electrons. The van der Waals surface area contributed by atoms with Crippen molar-refractivity contribution in [1.82, 2.24) is 10.3 Å². The first-order valence-corrected chi connectivity index (χ1v) is 13.7. The van der Waals surface area contributed by atoms with Gasteiger partial charge in [-0.15, -0.1) is 11.3 Å². The number of carbonyl (C=O) groups excluding carboxylic acids is 3. The van der Waals surface area contributed by atoms with Crippen molar-refractivity contribution >= 4 is 54.8 Å². The van der Waals surface area contributed by atoms with Crippen LogP contribution in [0.15, 0.2) is 35.3 Å². The largest absolute Gasteiger partial charge is 0.381 e. The lowest BCUT2D eigenvalue weighted by molar-refractivity contribution is -0.132. The van der Waals surface area contributed by atoms with Gasteiger partial charge < -0.3 is 15.5 Å². The van der Waals surface area contributed by atoms with Gasteiger partial charge in [0, 0.05) is 22.6 Å². The highest BCUT2D eigenvalue weighted by molar-refractivity contribution is 8.76. The number of allylic oxidation sites excluding steroid dienone is 3. The number of fused-ring (bicyclic) bond motifs is 2. The number of nitrogens with zero attached hydrogens (tertiary/aromatic N) is 1. The minimum atomic E-state index is -1.99. The van der Waals surface area contributed by atoms with E-state index in [-0.39, 0.29) is 19.3 Å². The number of rotatable bonds is 0. The molecule has 8 nitrogen and oxygen atoms in total. The molecule has 11 heteroatoms. The van der Waals surface area contributed by atoms with Crippen LogP contribution < -0.4 is 5.32 Å². The predicted molar refractivity (Wildman–Crippen MR) is 130 cm³/mol. The summed E-state index contributed by atoms with van der Waals surface area (Å²) in [4.78, 5) is 42.0. The Kier molecular flexibility index (Phi) is 7.90. The molecule has 1 unspecified atom stereocenters. The highest BCUT2D eigenvalue weighted by Crippen LogP contribution is 2.50. The number of aliphatic hydroxyl groups excluding tert-OH is 1. The number of aliphatic hydroxyl groups is 2. The number of amides is 1. The standard InChI is InChI=1S/C22H26N2O6S3/c1-13-8-9-22(21(3,29)20(28)32-33(22)30)11-18(27)23-14(2)19-24-15(12-31-19)6-4-5-7-16(25)17(26)10-13/h4-7,10,12,14,17,26,29H,8-9,11H2,1-3H3,(H,23,27)/b6-4+,7-5+,13-10+/t14-,17-,21+,22-,33?/m1/s1. The number of nitrogens with one attached hydrogen (secondary N) is 1. The lowest BCUT2D eigenvalue weighted by Crippen LogP contribution is -2.55. The summed E-state index contributed by atoms with van der Waals surface area (Å²) in [5, 5.41) is 25.8. The summed E-state index contributed by atoms with van der Waals surface area (Å²) in [6.45, 7) is 4.75. The van der Waals surface area contributed by atoms with Crippen molar-refractivity contribution in [3.63, 3.8) is 0 Å². The van der Waals surface area contributed by atoms with Crippen molar-refractivity contribution in [3.8, 4) is 0 Å². The third kappa shape index (κ3) is 5.43. The molecule has 1 fully saturated rings. The van der Waals surface area contributed by atoms with Crippen LogP contribution in [0.25, 0.3) is 6.08 Å². The molecule has 3 N–H and O–H groups in total. The van der Waals surface area contributed by atoms with Gasteiger partial charge in [-0.05, 0) is 51.8 Å². The Balaban J connectivity index is 1.99. The molecule has 3 rings (SSSR count). The molecule has 1 spiro atoms. The van der Waals surface area contributed by atoms with Crippen LogP contribution in [0.1, 0.15) is 56.8 Å². The van der Waals surface area contributed by atoms with E-state index in [0.717, 1.165) is 0 Å². The molecule has 5 atom stereocenters. The third-order valence-electron chi connectivity index (χ3n) is 5.78. The van der Waals surface area contributed by atoms with E-state index in [0.29, 0.717) is 27.1 Å². The van der Waals surface area contributed by atoms with Crippen LogP contribution >= 0.6 is 22.1 Å². The fraction of sp³-hybridized carbons (Fsp3) is 0.455. The SMILES string of the molecule is C/C1=C\[C@@H](O)C(=O)/C=C/C=C/c2csc(n2)[C@@H](C)NC(=O)C[C@@]2(CC1)S(=O)SC(=O)[C@]2(C)O. The number of ketones is 1. The second-order valence-electron chi connectivity index (χ2n) is 8.33. The van der Waals surface area contributed by atoms with Gasteiger partial charge in [0.2, 0.25) is 11.0 Å². The van der Waals surface area contributed by atoms with Gasteiger partial charge in [0.25, 0.3) is 0 Å². The van der Waals surface area contributed by atoms with Crippen molar-refractivity contribution in [3.05, 3.63) is 46.0 Å². The van der Waals surface area contributed by atoms with Crippen LogP contribution in [0.4, 0.5) is 0 Å². The first-order valence-electron chi connectivity index (χ1n) is 10.3. The van der Waals surface area contributed by atoms with Gasteiger partial charge in [-0.3, -0.25) is 14.4 Å². The van der Waals surface area contributed by atoms with Crippen molar-refractivity contribution in [2.24, 2.45) is 0 Å². The third-order valence-corrected chi connectivity index (χ3v) is 10.8. The molecule has 178 valence electrons. The maximum absolute atomic E-state index is 13.0. The number of aromatic nitrogens is 1.